The molecule has 1 aromatic rings. The highest BCUT2D eigenvalue weighted by molar-refractivity contribution is 5.89. The molecule has 0 radical (unpaired) electrons. The van der Waals surface area contributed by atoms with Gasteiger partial charge < -0.3 is 18.9 Å². The molecule has 3 aliphatic rings. The molecule has 1 aromatic heterocycles. The van der Waals surface area contributed by atoms with E-state index in [9.17, 15) is 4.79 Å². The van der Waals surface area contributed by atoms with Gasteiger partial charge in [0.15, 0.2) is 5.82 Å². The van der Waals surface area contributed by atoms with Crippen LogP contribution in [0.1, 0.15) is 37.0 Å². The molecule has 7 heteroatoms. The first-order valence-electron chi connectivity index (χ1n) is 8.95. The molecule has 1 spiro atoms. The van der Waals surface area contributed by atoms with Crippen LogP contribution in [0.15, 0.2) is 4.52 Å². The number of anilines is 1. The lowest BCUT2D eigenvalue weighted by Gasteiger charge is -2.38. The van der Waals surface area contributed by atoms with Crippen LogP contribution in [0.3, 0.4) is 0 Å². The molecule has 2 fully saturated rings. The standard InChI is InChI=1S/C17H25N3O4/c21-16(18-15-13-3-1-2-4-14(13)24-19-15)20-7-10-23-12-17(11-20)5-8-22-9-6-17/h1-12H2,(H,18,19,21). The molecular formula is C17H25N3O4. The van der Waals surface area contributed by atoms with Gasteiger partial charge >= 0.3 is 6.03 Å². The average molecular weight is 335 g/mol. The molecule has 132 valence electrons. The number of hydrogen-bond acceptors (Lipinski definition) is 5. The van der Waals surface area contributed by atoms with Crippen LogP contribution in [-0.4, -0.2) is 55.6 Å². The molecular weight excluding hydrogens is 310 g/mol. The highest BCUT2D eigenvalue weighted by Crippen LogP contribution is 2.34. The molecule has 1 N–H and O–H groups in total. The van der Waals surface area contributed by atoms with Crippen LogP contribution >= 0.6 is 0 Å². The predicted molar refractivity (Wildman–Crippen MR) is 87.0 cm³/mol. The zero-order valence-electron chi connectivity index (χ0n) is 14.0. The number of aromatic nitrogens is 1. The number of fused-ring (bicyclic) bond motifs is 1. The molecule has 0 saturated carbocycles. The monoisotopic (exact) mass is 335 g/mol. The number of urea groups is 1. The van der Waals surface area contributed by atoms with Crippen LogP contribution in [0.2, 0.25) is 0 Å². The summed E-state index contributed by atoms with van der Waals surface area (Å²) in [6, 6.07) is -0.104. The highest BCUT2D eigenvalue weighted by Gasteiger charge is 2.38. The SMILES string of the molecule is O=C(Nc1noc2c1CCCC2)N1CCOCC2(CCOCC2)C1. The van der Waals surface area contributed by atoms with Crippen LogP contribution in [-0.2, 0) is 22.3 Å². The fourth-order valence-electron chi connectivity index (χ4n) is 3.94. The first-order chi connectivity index (χ1) is 11.8. The molecule has 1 aliphatic carbocycles. The Bertz CT molecular complexity index is 595. The van der Waals surface area contributed by atoms with E-state index >= 15 is 0 Å². The van der Waals surface area contributed by atoms with Gasteiger partial charge in [0, 0.05) is 43.7 Å². The smallest absolute Gasteiger partial charge is 0.323 e. The first kappa shape index (κ1) is 15.9. The van der Waals surface area contributed by atoms with Gasteiger partial charge in [-0.15, -0.1) is 0 Å². The maximum Gasteiger partial charge on any atom is 0.323 e. The molecule has 2 aliphatic heterocycles. The van der Waals surface area contributed by atoms with E-state index < -0.39 is 0 Å². The summed E-state index contributed by atoms with van der Waals surface area (Å²) in [6.07, 6.45) is 5.98. The third-order valence-electron chi connectivity index (χ3n) is 5.46. The first-order valence-corrected chi connectivity index (χ1v) is 8.95. The van der Waals surface area contributed by atoms with Crippen LogP contribution in [0.5, 0.6) is 0 Å². The van der Waals surface area contributed by atoms with Crippen molar-refractivity contribution < 1.29 is 18.8 Å². The largest absolute Gasteiger partial charge is 0.381 e. The topological polar surface area (TPSA) is 76.8 Å². The van der Waals surface area contributed by atoms with E-state index in [1.54, 1.807) is 0 Å². The van der Waals surface area contributed by atoms with E-state index in [1.807, 2.05) is 4.90 Å². The third kappa shape index (κ3) is 3.15. The Hall–Kier alpha value is -1.60. The van der Waals surface area contributed by atoms with Gasteiger partial charge in [-0.1, -0.05) is 5.16 Å². The highest BCUT2D eigenvalue weighted by atomic mass is 16.5. The van der Waals surface area contributed by atoms with E-state index in [0.717, 1.165) is 63.1 Å². The average Bonchev–Trinajstić information content (AvgIpc) is 2.90. The molecule has 0 unspecified atom stereocenters. The van der Waals surface area contributed by atoms with Crippen LogP contribution in [0, 0.1) is 5.41 Å². The minimum atomic E-state index is -0.104. The zero-order valence-corrected chi connectivity index (χ0v) is 14.0. The quantitative estimate of drug-likeness (QED) is 0.851. The second kappa shape index (κ2) is 6.72. The number of hydrogen-bond donors (Lipinski definition) is 1. The summed E-state index contributed by atoms with van der Waals surface area (Å²) in [4.78, 5) is 14.6. The number of aryl methyl sites for hydroxylation is 1. The fourth-order valence-corrected chi connectivity index (χ4v) is 3.94. The van der Waals surface area contributed by atoms with Crippen molar-refractivity contribution in [3.05, 3.63) is 11.3 Å². The van der Waals surface area contributed by atoms with Crippen LogP contribution in [0.4, 0.5) is 10.6 Å². The van der Waals surface area contributed by atoms with Crippen molar-refractivity contribution >= 4 is 11.8 Å². The lowest BCUT2D eigenvalue weighted by atomic mass is 9.80. The van der Waals surface area contributed by atoms with Crippen molar-refractivity contribution in [3.63, 3.8) is 0 Å². The molecule has 2 saturated heterocycles. The Labute approximate surface area is 141 Å². The van der Waals surface area contributed by atoms with Crippen molar-refractivity contribution in [3.8, 4) is 0 Å². The molecule has 4 rings (SSSR count). The molecule has 0 atom stereocenters. The van der Waals surface area contributed by atoms with Crippen molar-refractivity contribution in [1.82, 2.24) is 10.1 Å². The number of amides is 2. The Morgan fingerprint density at radius 2 is 1.96 bits per heavy atom. The lowest BCUT2D eigenvalue weighted by molar-refractivity contribution is -0.0292. The summed E-state index contributed by atoms with van der Waals surface area (Å²) in [6.45, 7) is 4.09. The van der Waals surface area contributed by atoms with E-state index in [4.69, 9.17) is 14.0 Å². The van der Waals surface area contributed by atoms with Gasteiger partial charge in [-0.05, 0) is 32.1 Å². The minimum absolute atomic E-state index is 0.0232. The van der Waals surface area contributed by atoms with Crippen molar-refractivity contribution in [2.24, 2.45) is 5.41 Å². The Morgan fingerprint density at radius 1 is 1.12 bits per heavy atom. The maximum atomic E-state index is 12.8. The normalized spacial score (nSPS) is 23.6. The Balaban J connectivity index is 1.46. The lowest BCUT2D eigenvalue weighted by Crippen LogP contribution is -2.46. The molecule has 0 bridgehead atoms. The summed E-state index contributed by atoms with van der Waals surface area (Å²) < 4.78 is 16.7. The summed E-state index contributed by atoms with van der Waals surface area (Å²) in [5.74, 6) is 1.53. The van der Waals surface area contributed by atoms with Gasteiger partial charge in [0.2, 0.25) is 0 Å². The summed E-state index contributed by atoms with van der Waals surface area (Å²) in [5.41, 5.74) is 1.09. The molecule has 24 heavy (non-hydrogen) atoms. The van der Waals surface area contributed by atoms with Crippen molar-refractivity contribution in [1.29, 1.82) is 0 Å². The van der Waals surface area contributed by atoms with E-state index in [0.29, 0.717) is 32.1 Å². The fraction of sp³-hybridized carbons (Fsp3) is 0.765. The number of nitrogens with one attached hydrogen (secondary N) is 1. The molecule has 7 nitrogen and oxygen atoms in total. The zero-order chi connectivity index (χ0) is 16.4. The minimum Gasteiger partial charge on any atom is -0.381 e. The molecule has 0 aromatic carbocycles. The number of carbonyl (C=O) groups is 1. The van der Waals surface area contributed by atoms with Gasteiger partial charge in [-0.2, -0.15) is 0 Å². The second-order valence-electron chi connectivity index (χ2n) is 7.16. The van der Waals surface area contributed by atoms with E-state index in [2.05, 4.69) is 10.5 Å². The number of ether oxygens (including phenoxy) is 2. The Morgan fingerprint density at radius 3 is 2.83 bits per heavy atom. The van der Waals surface area contributed by atoms with E-state index in [1.165, 1.54) is 0 Å². The van der Waals surface area contributed by atoms with E-state index in [-0.39, 0.29) is 11.4 Å². The molecule has 2 amide bonds. The van der Waals surface area contributed by atoms with Gasteiger partial charge in [0.25, 0.3) is 0 Å². The van der Waals surface area contributed by atoms with Gasteiger partial charge in [0.05, 0.1) is 13.2 Å². The van der Waals surface area contributed by atoms with Gasteiger partial charge in [-0.3, -0.25) is 5.32 Å². The summed E-state index contributed by atoms with van der Waals surface area (Å²) >= 11 is 0. The maximum absolute atomic E-state index is 12.8. The van der Waals surface area contributed by atoms with Crippen molar-refractivity contribution in [2.45, 2.75) is 38.5 Å². The summed E-state index contributed by atoms with van der Waals surface area (Å²) in [7, 11) is 0. The Kier molecular flexibility index (Phi) is 4.45. The number of nitrogens with zero attached hydrogens (tertiary/aromatic N) is 2. The third-order valence-corrected chi connectivity index (χ3v) is 5.46. The predicted octanol–water partition coefficient (Wildman–Crippen LogP) is 2.21. The number of carbonyl (C=O) groups excluding carboxylic acids is 1. The molecule has 3 heterocycles. The van der Waals surface area contributed by atoms with Gasteiger partial charge in [-0.25, -0.2) is 4.79 Å². The van der Waals surface area contributed by atoms with Crippen molar-refractivity contribution in [2.75, 3.05) is 44.8 Å². The van der Waals surface area contributed by atoms with Crippen LogP contribution in [0.25, 0.3) is 0 Å². The number of rotatable bonds is 1. The van der Waals surface area contributed by atoms with Crippen LogP contribution < -0.4 is 5.32 Å². The summed E-state index contributed by atoms with van der Waals surface area (Å²) in [5, 5.41) is 7.04. The second-order valence-corrected chi connectivity index (χ2v) is 7.16. The van der Waals surface area contributed by atoms with Gasteiger partial charge in [0.1, 0.15) is 5.76 Å².